The minimum atomic E-state index is 0.346. The zero-order chi connectivity index (χ0) is 19.1. The number of nitriles is 1. The third kappa shape index (κ3) is 5.30. The van der Waals surface area contributed by atoms with Crippen molar-refractivity contribution < 1.29 is 0 Å². The molecule has 138 valence electrons. The topological polar surface area (TPSA) is 45.9 Å². The van der Waals surface area contributed by atoms with Crippen LogP contribution in [0.25, 0.3) is 0 Å². The minimum absolute atomic E-state index is 0.346. The van der Waals surface area contributed by atoms with Gasteiger partial charge in [0.1, 0.15) is 16.6 Å². The van der Waals surface area contributed by atoms with Gasteiger partial charge in [0.05, 0.1) is 6.34 Å². The first kappa shape index (κ1) is 19.9. The number of benzene rings is 1. The number of hydrogen-bond donors (Lipinski definition) is 0. The molecule has 0 amide bonds. The Hall–Kier alpha value is -2.39. The first-order valence-corrected chi connectivity index (χ1v) is 9.25. The van der Waals surface area contributed by atoms with Crippen LogP contribution in [-0.4, -0.2) is 61.4 Å². The summed E-state index contributed by atoms with van der Waals surface area (Å²) in [6.45, 7) is 7.81. The van der Waals surface area contributed by atoms with Crippen molar-refractivity contribution in [3.05, 3.63) is 41.1 Å². The van der Waals surface area contributed by atoms with Gasteiger partial charge in [0.25, 0.3) is 0 Å². The van der Waals surface area contributed by atoms with E-state index in [4.69, 9.17) is 12.2 Å². The summed E-state index contributed by atoms with van der Waals surface area (Å²) in [7, 11) is 3.76. The number of thiocarbonyl (C=S) groups is 1. The van der Waals surface area contributed by atoms with Crippen LogP contribution in [0.3, 0.4) is 0 Å². The summed E-state index contributed by atoms with van der Waals surface area (Å²) >= 11 is 5.34. The molecule has 0 N–H and O–H groups in total. The van der Waals surface area contributed by atoms with Crippen molar-refractivity contribution in [2.75, 3.05) is 45.2 Å². The molecule has 2 rings (SSSR count). The summed E-state index contributed by atoms with van der Waals surface area (Å²) in [5, 5.41) is 9.57. The molecule has 1 saturated heterocycles. The van der Waals surface area contributed by atoms with Crippen LogP contribution in [0.4, 0.5) is 5.69 Å². The zero-order valence-corrected chi connectivity index (χ0v) is 16.9. The van der Waals surface area contributed by atoms with E-state index in [0.717, 1.165) is 38.3 Å². The van der Waals surface area contributed by atoms with Gasteiger partial charge in [-0.3, -0.25) is 0 Å². The molecular weight excluding hydrogens is 342 g/mol. The van der Waals surface area contributed by atoms with Gasteiger partial charge in [-0.1, -0.05) is 24.4 Å². The summed E-state index contributed by atoms with van der Waals surface area (Å²) in [6.07, 6.45) is 2.67. The van der Waals surface area contributed by atoms with E-state index in [1.54, 1.807) is 6.34 Å². The first-order valence-electron chi connectivity index (χ1n) is 8.85. The van der Waals surface area contributed by atoms with E-state index >= 15 is 0 Å². The quantitative estimate of drug-likeness (QED) is 0.268. The summed E-state index contributed by atoms with van der Waals surface area (Å²) in [5.74, 6) is 0. The Morgan fingerprint density at radius 3 is 2.69 bits per heavy atom. The van der Waals surface area contributed by atoms with Gasteiger partial charge in [0.15, 0.2) is 0 Å². The summed E-state index contributed by atoms with van der Waals surface area (Å²) < 4.78 is 0. The van der Waals surface area contributed by atoms with Crippen LogP contribution < -0.4 is 4.90 Å². The SMILES string of the molecule is C/C(=C(\C#N)C(=S)/N=C/N(C)C)N1CCCN(c2cccc(C)c2)CC1. The third-order valence-corrected chi connectivity index (χ3v) is 4.74. The van der Waals surface area contributed by atoms with Gasteiger partial charge >= 0.3 is 0 Å². The predicted molar refractivity (Wildman–Crippen MR) is 113 cm³/mol. The van der Waals surface area contributed by atoms with Crippen LogP contribution >= 0.6 is 12.2 Å². The second kappa shape index (κ2) is 9.35. The molecular formula is C20H27N5S. The number of aryl methyl sites for hydroxylation is 1. The Labute approximate surface area is 162 Å². The molecule has 0 atom stereocenters. The predicted octanol–water partition coefficient (Wildman–Crippen LogP) is 3.22. The van der Waals surface area contributed by atoms with E-state index < -0.39 is 0 Å². The monoisotopic (exact) mass is 369 g/mol. The molecule has 1 aliphatic rings. The molecule has 0 unspecified atom stereocenters. The molecule has 0 bridgehead atoms. The Bertz CT molecular complexity index is 745. The van der Waals surface area contributed by atoms with Crippen molar-refractivity contribution in [2.45, 2.75) is 20.3 Å². The van der Waals surface area contributed by atoms with Crippen molar-refractivity contribution in [2.24, 2.45) is 4.99 Å². The Kier molecular flexibility index (Phi) is 7.16. The van der Waals surface area contributed by atoms with Crippen molar-refractivity contribution in [1.82, 2.24) is 9.80 Å². The van der Waals surface area contributed by atoms with Crippen LogP contribution in [-0.2, 0) is 0 Å². The number of aliphatic imine (C=N–C) groups is 1. The highest BCUT2D eigenvalue weighted by molar-refractivity contribution is 7.80. The second-order valence-electron chi connectivity index (χ2n) is 6.75. The number of hydrogen-bond acceptors (Lipinski definition) is 4. The van der Waals surface area contributed by atoms with Crippen LogP contribution in [0.2, 0.25) is 0 Å². The van der Waals surface area contributed by atoms with E-state index in [9.17, 15) is 5.26 Å². The lowest BCUT2D eigenvalue weighted by molar-refractivity contribution is 0.369. The van der Waals surface area contributed by atoms with Crippen molar-refractivity contribution >= 4 is 29.2 Å². The van der Waals surface area contributed by atoms with Crippen LogP contribution in [0.15, 0.2) is 40.5 Å². The molecule has 1 aromatic carbocycles. The van der Waals surface area contributed by atoms with E-state index in [2.05, 4.69) is 52.1 Å². The lowest BCUT2D eigenvalue weighted by atomic mass is 10.2. The van der Waals surface area contributed by atoms with Crippen LogP contribution in [0.5, 0.6) is 0 Å². The van der Waals surface area contributed by atoms with E-state index in [-0.39, 0.29) is 0 Å². The number of anilines is 1. The van der Waals surface area contributed by atoms with E-state index in [1.165, 1.54) is 11.3 Å². The maximum absolute atomic E-state index is 9.57. The molecule has 0 aliphatic carbocycles. The van der Waals surface area contributed by atoms with Gasteiger partial charge in [-0.25, -0.2) is 4.99 Å². The van der Waals surface area contributed by atoms with E-state index in [0.29, 0.717) is 10.6 Å². The molecule has 0 saturated carbocycles. The van der Waals surface area contributed by atoms with Crippen molar-refractivity contribution in [1.29, 1.82) is 5.26 Å². The Balaban J connectivity index is 2.13. The minimum Gasteiger partial charge on any atom is -0.372 e. The number of nitrogens with zero attached hydrogens (tertiary/aromatic N) is 5. The van der Waals surface area contributed by atoms with Gasteiger partial charge in [-0.2, -0.15) is 5.26 Å². The molecule has 0 aromatic heterocycles. The highest BCUT2D eigenvalue weighted by Crippen LogP contribution is 2.20. The van der Waals surface area contributed by atoms with Gasteiger partial charge < -0.3 is 14.7 Å². The van der Waals surface area contributed by atoms with Gasteiger partial charge in [0, 0.05) is 51.7 Å². The lowest BCUT2D eigenvalue weighted by Crippen LogP contribution is -2.30. The normalized spacial score (nSPS) is 16.1. The average Bonchev–Trinajstić information content (AvgIpc) is 2.86. The number of allylic oxidation sites excluding steroid dienone is 1. The maximum atomic E-state index is 9.57. The molecule has 26 heavy (non-hydrogen) atoms. The third-order valence-electron chi connectivity index (χ3n) is 4.43. The highest BCUT2D eigenvalue weighted by atomic mass is 32.1. The first-order chi connectivity index (χ1) is 12.4. The summed E-state index contributed by atoms with van der Waals surface area (Å²) in [4.78, 5) is 11.0. The largest absolute Gasteiger partial charge is 0.372 e. The molecule has 1 fully saturated rings. The highest BCUT2D eigenvalue weighted by Gasteiger charge is 2.19. The van der Waals surface area contributed by atoms with Gasteiger partial charge in [0.2, 0.25) is 0 Å². The maximum Gasteiger partial charge on any atom is 0.147 e. The smallest absolute Gasteiger partial charge is 0.147 e. The Morgan fingerprint density at radius 1 is 1.27 bits per heavy atom. The molecule has 1 heterocycles. The fourth-order valence-corrected chi connectivity index (χ4v) is 3.25. The van der Waals surface area contributed by atoms with E-state index in [1.807, 2.05) is 25.9 Å². The second-order valence-corrected chi connectivity index (χ2v) is 7.14. The zero-order valence-electron chi connectivity index (χ0n) is 16.1. The van der Waals surface area contributed by atoms with Gasteiger partial charge in [-0.05, 0) is 38.0 Å². The number of rotatable bonds is 4. The summed E-state index contributed by atoms with van der Waals surface area (Å²) in [6, 6.07) is 10.9. The Morgan fingerprint density at radius 2 is 2.04 bits per heavy atom. The van der Waals surface area contributed by atoms with Crippen LogP contribution in [0, 0.1) is 18.3 Å². The fraction of sp³-hybridized carbons (Fsp3) is 0.450. The van der Waals surface area contributed by atoms with Gasteiger partial charge in [-0.15, -0.1) is 0 Å². The molecule has 1 aromatic rings. The standard InChI is InChI=1S/C20H27N5S/c1-16-7-5-8-18(13-16)25-10-6-9-24(11-12-25)17(2)19(14-21)20(26)22-15-23(3)4/h5,7-8,13,15H,6,9-12H2,1-4H3/b19-17-,22-15+. The molecule has 0 spiro atoms. The average molecular weight is 370 g/mol. The molecule has 6 heteroatoms. The van der Waals surface area contributed by atoms with Crippen LogP contribution in [0.1, 0.15) is 18.9 Å². The van der Waals surface area contributed by atoms with Crippen molar-refractivity contribution in [3.63, 3.8) is 0 Å². The van der Waals surface area contributed by atoms with Crippen molar-refractivity contribution in [3.8, 4) is 6.07 Å². The lowest BCUT2D eigenvalue weighted by Gasteiger charge is -2.26. The fourth-order valence-electron chi connectivity index (χ4n) is 3.01. The summed E-state index contributed by atoms with van der Waals surface area (Å²) in [5.41, 5.74) is 3.94. The molecule has 5 nitrogen and oxygen atoms in total. The molecule has 0 radical (unpaired) electrons. The molecule has 1 aliphatic heterocycles.